The van der Waals surface area contributed by atoms with E-state index in [2.05, 4.69) is 123 Å². The zero-order valence-corrected chi connectivity index (χ0v) is 22.8. The summed E-state index contributed by atoms with van der Waals surface area (Å²) in [7, 11) is 0. The Kier molecular flexibility index (Phi) is 6.90. The van der Waals surface area contributed by atoms with Gasteiger partial charge >= 0.3 is 0 Å². The Balaban J connectivity index is 1.54. The van der Waals surface area contributed by atoms with E-state index in [1.165, 1.54) is 92.7 Å². The zero-order chi connectivity index (χ0) is 26.0. The Labute approximate surface area is 227 Å². The lowest BCUT2D eigenvalue weighted by Crippen LogP contribution is -2.24. The second kappa shape index (κ2) is 10.6. The smallest absolute Gasteiger partial charge is 0.0187 e. The first-order valence-electron chi connectivity index (χ1n) is 14.5. The highest BCUT2D eigenvalue weighted by Crippen LogP contribution is 2.44. The predicted molar refractivity (Wildman–Crippen MR) is 167 cm³/mol. The van der Waals surface area contributed by atoms with Crippen LogP contribution in [0.1, 0.15) is 69.9 Å². The summed E-state index contributed by atoms with van der Waals surface area (Å²) in [6.07, 6.45) is 9.04. The molecule has 0 aromatic heterocycles. The quantitative estimate of drug-likeness (QED) is 0.138. The van der Waals surface area contributed by atoms with Crippen LogP contribution in [0, 0.1) is 0 Å². The number of rotatable bonds is 9. The van der Waals surface area contributed by atoms with Gasteiger partial charge in [0, 0.05) is 5.41 Å². The maximum absolute atomic E-state index is 2.51. The second-order valence-electron chi connectivity index (χ2n) is 11.3. The molecule has 0 spiro atoms. The summed E-state index contributed by atoms with van der Waals surface area (Å²) in [5, 5.41) is 10.7. The SMILES string of the molecule is CCCCCCCCC(C)(c1cccc2cc3ccccc3cc12)c1cccc2cc3ccccc3cc12. The summed E-state index contributed by atoms with van der Waals surface area (Å²) >= 11 is 0. The molecule has 0 N–H and O–H groups in total. The molecule has 0 aliphatic rings. The highest BCUT2D eigenvalue weighted by atomic mass is 14.3. The Morgan fingerprint density at radius 3 is 1.37 bits per heavy atom. The van der Waals surface area contributed by atoms with E-state index < -0.39 is 0 Å². The lowest BCUT2D eigenvalue weighted by molar-refractivity contribution is 0.478. The molecule has 0 aliphatic carbocycles. The van der Waals surface area contributed by atoms with Crippen LogP contribution in [0.2, 0.25) is 0 Å². The zero-order valence-electron chi connectivity index (χ0n) is 22.8. The molecule has 0 radical (unpaired) electrons. The van der Waals surface area contributed by atoms with Gasteiger partial charge in [0.25, 0.3) is 0 Å². The Hall–Kier alpha value is -3.64. The molecule has 0 amide bonds. The number of hydrogen-bond donors (Lipinski definition) is 0. The summed E-state index contributed by atoms with van der Waals surface area (Å²) in [6, 6.07) is 41.1. The van der Waals surface area contributed by atoms with E-state index in [0.29, 0.717) is 0 Å². The summed E-state index contributed by atoms with van der Waals surface area (Å²) in [6.45, 7) is 4.80. The van der Waals surface area contributed by atoms with Gasteiger partial charge in [-0.3, -0.25) is 0 Å². The highest BCUT2D eigenvalue weighted by Gasteiger charge is 2.31. The van der Waals surface area contributed by atoms with Gasteiger partial charge in [-0.2, -0.15) is 0 Å². The topological polar surface area (TPSA) is 0 Å². The third kappa shape index (κ3) is 4.58. The molecule has 6 rings (SSSR count). The number of hydrogen-bond acceptors (Lipinski definition) is 0. The third-order valence-electron chi connectivity index (χ3n) is 8.71. The van der Waals surface area contributed by atoms with Gasteiger partial charge in [-0.25, -0.2) is 0 Å². The van der Waals surface area contributed by atoms with Gasteiger partial charge in [0.1, 0.15) is 0 Å². The molecule has 6 aromatic carbocycles. The number of benzene rings is 6. The van der Waals surface area contributed by atoms with E-state index in [9.17, 15) is 0 Å². The summed E-state index contributed by atoms with van der Waals surface area (Å²) in [4.78, 5) is 0. The Bertz CT molecular complexity index is 1600. The molecule has 0 bridgehead atoms. The van der Waals surface area contributed by atoms with Crippen LogP contribution in [0.4, 0.5) is 0 Å². The Morgan fingerprint density at radius 1 is 0.447 bits per heavy atom. The van der Waals surface area contributed by atoms with Gasteiger partial charge < -0.3 is 0 Å². The average molecular weight is 495 g/mol. The van der Waals surface area contributed by atoms with E-state index in [1.807, 2.05) is 0 Å². The van der Waals surface area contributed by atoms with Crippen LogP contribution < -0.4 is 0 Å². The van der Waals surface area contributed by atoms with Crippen molar-refractivity contribution in [1.29, 1.82) is 0 Å². The van der Waals surface area contributed by atoms with E-state index in [0.717, 1.165) is 6.42 Å². The second-order valence-corrected chi connectivity index (χ2v) is 11.3. The van der Waals surface area contributed by atoms with Crippen molar-refractivity contribution in [2.24, 2.45) is 0 Å². The predicted octanol–water partition coefficient (Wildman–Crippen LogP) is 11.4. The minimum absolute atomic E-state index is 0.0886. The molecule has 0 nitrogen and oxygen atoms in total. The van der Waals surface area contributed by atoms with Crippen LogP contribution in [0.15, 0.2) is 109 Å². The standard InChI is InChI=1S/C38H38/c1-3-4-5-6-7-12-23-38(2,36-21-13-19-32-24-28-15-8-10-17-30(28)26-34(32)36)37-22-14-20-33-25-29-16-9-11-18-31(29)27-35(33)37/h8-11,13-22,24-27H,3-7,12,23H2,1-2H3. The van der Waals surface area contributed by atoms with Gasteiger partial charge in [0.05, 0.1) is 0 Å². The highest BCUT2D eigenvalue weighted by molar-refractivity contribution is 6.02. The van der Waals surface area contributed by atoms with E-state index in [-0.39, 0.29) is 5.41 Å². The van der Waals surface area contributed by atoms with Crippen LogP contribution >= 0.6 is 0 Å². The fourth-order valence-electron chi connectivity index (χ4n) is 6.57. The fourth-order valence-corrected chi connectivity index (χ4v) is 6.57. The maximum Gasteiger partial charge on any atom is 0.0187 e. The van der Waals surface area contributed by atoms with Gasteiger partial charge in [-0.1, -0.05) is 137 Å². The molecule has 0 unspecified atom stereocenters. The van der Waals surface area contributed by atoms with Crippen molar-refractivity contribution in [3.8, 4) is 0 Å². The molecule has 0 aliphatic heterocycles. The first-order chi connectivity index (χ1) is 18.7. The van der Waals surface area contributed by atoms with Gasteiger partial charge in [-0.15, -0.1) is 0 Å². The lowest BCUT2D eigenvalue weighted by atomic mass is 9.69. The van der Waals surface area contributed by atoms with Gasteiger partial charge in [-0.05, 0) is 84.9 Å². The molecule has 0 saturated carbocycles. The molecular weight excluding hydrogens is 456 g/mol. The van der Waals surface area contributed by atoms with Crippen molar-refractivity contribution in [2.45, 2.75) is 64.2 Å². The number of fused-ring (bicyclic) bond motifs is 4. The van der Waals surface area contributed by atoms with Crippen molar-refractivity contribution >= 4 is 43.1 Å². The molecule has 190 valence electrons. The van der Waals surface area contributed by atoms with Gasteiger partial charge in [0.2, 0.25) is 0 Å². The van der Waals surface area contributed by atoms with Crippen LogP contribution in [0.25, 0.3) is 43.1 Å². The molecular formula is C38H38. The van der Waals surface area contributed by atoms with Crippen molar-refractivity contribution in [3.63, 3.8) is 0 Å². The average Bonchev–Trinajstić information content (AvgIpc) is 2.96. The van der Waals surface area contributed by atoms with Crippen LogP contribution in [0.5, 0.6) is 0 Å². The normalized spacial score (nSPS) is 12.2. The molecule has 0 atom stereocenters. The molecule has 0 heterocycles. The van der Waals surface area contributed by atoms with Crippen molar-refractivity contribution < 1.29 is 0 Å². The molecule has 0 heteroatoms. The van der Waals surface area contributed by atoms with Crippen LogP contribution in [-0.2, 0) is 5.41 Å². The number of unbranched alkanes of at least 4 members (excludes halogenated alkanes) is 5. The molecule has 0 saturated heterocycles. The monoisotopic (exact) mass is 494 g/mol. The van der Waals surface area contributed by atoms with Crippen molar-refractivity contribution in [1.82, 2.24) is 0 Å². The first-order valence-corrected chi connectivity index (χ1v) is 14.5. The third-order valence-corrected chi connectivity index (χ3v) is 8.71. The summed E-state index contributed by atoms with van der Waals surface area (Å²) < 4.78 is 0. The molecule has 38 heavy (non-hydrogen) atoms. The van der Waals surface area contributed by atoms with Crippen molar-refractivity contribution in [3.05, 3.63) is 120 Å². The first kappa shape index (κ1) is 24.7. The van der Waals surface area contributed by atoms with E-state index >= 15 is 0 Å². The largest absolute Gasteiger partial charge is 0.0654 e. The van der Waals surface area contributed by atoms with Crippen molar-refractivity contribution in [2.75, 3.05) is 0 Å². The van der Waals surface area contributed by atoms with Crippen LogP contribution in [-0.4, -0.2) is 0 Å². The molecule has 6 aromatic rings. The lowest BCUT2D eigenvalue weighted by Gasteiger charge is -2.34. The molecule has 0 fully saturated rings. The van der Waals surface area contributed by atoms with Gasteiger partial charge in [0.15, 0.2) is 0 Å². The fraction of sp³-hybridized carbons (Fsp3) is 0.263. The minimum atomic E-state index is -0.0886. The Morgan fingerprint density at radius 2 is 0.868 bits per heavy atom. The van der Waals surface area contributed by atoms with E-state index in [1.54, 1.807) is 0 Å². The minimum Gasteiger partial charge on any atom is -0.0654 e. The van der Waals surface area contributed by atoms with E-state index in [4.69, 9.17) is 0 Å². The summed E-state index contributed by atoms with van der Waals surface area (Å²) in [5.41, 5.74) is 2.82. The summed E-state index contributed by atoms with van der Waals surface area (Å²) in [5.74, 6) is 0. The maximum atomic E-state index is 2.51. The van der Waals surface area contributed by atoms with Crippen LogP contribution in [0.3, 0.4) is 0 Å².